The largest absolute Gasteiger partial charge is 0.366 e. The first-order chi connectivity index (χ1) is 10.8. The molecule has 2 aromatic rings. The van der Waals surface area contributed by atoms with Gasteiger partial charge in [0.15, 0.2) is 9.84 Å². The third-order valence-corrected chi connectivity index (χ3v) is 6.35. The van der Waals surface area contributed by atoms with E-state index in [2.05, 4.69) is 5.32 Å². The van der Waals surface area contributed by atoms with Crippen LogP contribution < -0.4 is 11.1 Å². The van der Waals surface area contributed by atoms with E-state index in [0.717, 1.165) is 12.1 Å². The van der Waals surface area contributed by atoms with Gasteiger partial charge >= 0.3 is 0 Å². The Kier molecular flexibility index (Phi) is 4.81. The van der Waals surface area contributed by atoms with E-state index in [-0.39, 0.29) is 26.1 Å². The molecular weight excluding hydrogens is 343 g/mol. The molecule has 0 bridgehead atoms. The van der Waals surface area contributed by atoms with Gasteiger partial charge in [-0.15, -0.1) is 11.3 Å². The van der Waals surface area contributed by atoms with Crippen molar-refractivity contribution >= 4 is 38.0 Å². The fraction of sp³-hybridized carbons (Fsp3) is 0.143. The van der Waals surface area contributed by atoms with Crippen LogP contribution in [0.5, 0.6) is 0 Å². The number of halogens is 1. The number of carbonyl (C=O) groups is 2. The molecular formula is C14H13FN2O4S2. The van der Waals surface area contributed by atoms with E-state index in [1.165, 1.54) is 25.1 Å². The molecule has 1 aromatic carbocycles. The highest BCUT2D eigenvalue weighted by atomic mass is 32.2. The second-order valence-corrected chi connectivity index (χ2v) is 8.07. The summed E-state index contributed by atoms with van der Waals surface area (Å²) in [6, 6.07) is 6.41. The molecule has 23 heavy (non-hydrogen) atoms. The van der Waals surface area contributed by atoms with E-state index < -0.39 is 27.5 Å². The Morgan fingerprint density at radius 3 is 2.48 bits per heavy atom. The number of nitrogens with two attached hydrogens (primary N) is 1. The molecule has 0 fully saturated rings. The quantitative estimate of drug-likeness (QED) is 0.855. The number of anilines is 1. The summed E-state index contributed by atoms with van der Waals surface area (Å²) >= 11 is 0.705. The number of benzene rings is 1. The summed E-state index contributed by atoms with van der Waals surface area (Å²) in [5.74, 6) is -2.58. The number of nitrogens with one attached hydrogen (secondary N) is 1. The number of carbonyl (C=O) groups excluding carboxylic acids is 2. The fourth-order valence-electron chi connectivity index (χ4n) is 1.76. The summed E-state index contributed by atoms with van der Waals surface area (Å²) in [7, 11) is -3.56. The van der Waals surface area contributed by atoms with Crippen molar-refractivity contribution in [3.8, 4) is 0 Å². The summed E-state index contributed by atoms with van der Waals surface area (Å²) in [6.45, 7) is 1.45. The molecule has 9 heteroatoms. The number of thiophene rings is 1. The lowest BCUT2D eigenvalue weighted by atomic mass is 10.2. The van der Waals surface area contributed by atoms with Gasteiger partial charge < -0.3 is 11.1 Å². The lowest BCUT2D eigenvalue weighted by molar-refractivity contribution is 0.100. The SMILES string of the molecule is CCS(=O)(=O)c1cc(C(N)=O)c(NC(=O)c2ccccc2F)s1. The van der Waals surface area contributed by atoms with Crippen molar-refractivity contribution in [1.29, 1.82) is 0 Å². The average molecular weight is 356 g/mol. The van der Waals surface area contributed by atoms with Crippen molar-refractivity contribution in [2.24, 2.45) is 5.73 Å². The number of hydrogen-bond donors (Lipinski definition) is 2. The van der Waals surface area contributed by atoms with Crippen molar-refractivity contribution < 1.29 is 22.4 Å². The molecule has 0 saturated carbocycles. The van der Waals surface area contributed by atoms with Gasteiger partial charge in [0.1, 0.15) is 15.0 Å². The Labute approximate surface area is 136 Å². The van der Waals surface area contributed by atoms with Gasteiger partial charge in [-0.1, -0.05) is 19.1 Å². The zero-order chi connectivity index (χ0) is 17.2. The molecule has 0 spiro atoms. The summed E-state index contributed by atoms with van der Waals surface area (Å²) in [5, 5.41) is 2.31. The average Bonchev–Trinajstić information content (AvgIpc) is 2.92. The van der Waals surface area contributed by atoms with Crippen LogP contribution in [-0.4, -0.2) is 26.0 Å². The number of rotatable bonds is 5. The summed E-state index contributed by atoms with van der Waals surface area (Å²) in [5.41, 5.74) is 4.85. The predicted molar refractivity (Wildman–Crippen MR) is 84.9 cm³/mol. The molecule has 0 aliphatic heterocycles. The lowest BCUT2D eigenvalue weighted by Crippen LogP contribution is -2.17. The van der Waals surface area contributed by atoms with Crippen molar-refractivity contribution in [1.82, 2.24) is 0 Å². The minimum absolute atomic E-state index is 0.0298. The Hall–Kier alpha value is -2.26. The second-order valence-electron chi connectivity index (χ2n) is 4.51. The topological polar surface area (TPSA) is 106 Å². The summed E-state index contributed by atoms with van der Waals surface area (Å²) in [6.07, 6.45) is 0. The Morgan fingerprint density at radius 2 is 1.91 bits per heavy atom. The van der Waals surface area contributed by atoms with Gasteiger partial charge in [-0.05, 0) is 18.2 Å². The zero-order valence-corrected chi connectivity index (χ0v) is 13.6. The normalized spacial score (nSPS) is 11.2. The van der Waals surface area contributed by atoms with Crippen LogP contribution in [-0.2, 0) is 9.84 Å². The molecule has 122 valence electrons. The van der Waals surface area contributed by atoms with Gasteiger partial charge in [-0.2, -0.15) is 0 Å². The lowest BCUT2D eigenvalue weighted by Gasteiger charge is -2.05. The summed E-state index contributed by atoms with van der Waals surface area (Å²) in [4.78, 5) is 23.5. The van der Waals surface area contributed by atoms with Gasteiger partial charge in [0, 0.05) is 0 Å². The van der Waals surface area contributed by atoms with Crippen LogP contribution >= 0.6 is 11.3 Å². The van der Waals surface area contributed by atoms with Crippen molar-refractivity contribution in [2.45, 2.75) is 11.1 Å². The number of primary amides is 1. The van der Waals surface area contributed by atoms with Crippen LogP contribution in [0.1, 0.15) is 27.6 Å². The smallest absolute Gasteiger partial charge is 0.259 e. The van der Waals surface area contributed by atoms with Crippen LogP contribution in [0.3, 0.4) is 0 Å². The predicted octanol–water partition coefficient (Wildman–Crippen LogP) is 2.03. The molecule has 0 unspecified atom stereocenters. The van der Waals surface area contributed by atoms with Gasteiger partial charge in [0.05, 0.1) is 16.9 Å². The molecule has 0 atom stereocenters. The van der Waals surface area contributed by atoms with Crippen LogP contribution in [0.4, 0.5) is 9.39 Å². The van der Waals surface area contributed by atoms with Crippen molar-refractivity contribution in [3.05, 3.63) is 47.3 Å². The summed E-state index contributed by atoms with van der Waals surface area (Å²) < 4.78 is 37.3. The van der Waals surface area contributed by atoms with Gasteiger partial charge in [-0.3, -0.25) is 9.59 Å². The molecule has 2 amide bonds. The van der Waals surface area contributed by atoms with E-state index in [1.807, 2.05) is 0 Å². The van der Waals surface area contributed by atoms with E-state index in [1.54, 1.807) is 0 Å². The maximum Gasteiger partial charge on any atom is 0.259 e. The van der Waals surface area contributed by atoms with E-state index >= 15 is 0 Å². The van der Waals surface area contributed by atoms with E-state index in [9.17, 15) is 22.4 Å². The minimum Gasteiger partial charge on any atom is -0.366 e. The zero-order valence-electron chi connectivity index (χ0n) is 12.0. The van der Waals surface area contributed by atoms with Gasteiger partial charge in [0.2, 0.25) is 0 Å². The van der Waals surface area contributed by atoms with E-state index in [4.69, 9.17) is 5.73 Å². The monoisotopic (exact) mass is 356 g/mol. The maximum absolute atomic E-state index is 13.6. The molecule has 6 nitrogen and oxygen atoms in total. The highest BCUT2D eigenvalue weighted by molar-refractivity contribution is 7.93. The third-order valence-electron chi connectivity index (χ3n) is 3.01. The molecule has 0 aliphatic carbocycles. The van der Waals surface area contributed by atoms with Gasteiger partial charge in [0.25, 0.3) is 11.8 Å². The highest BCUT2D eigenvalue weighted by Crippen LogP contribution is 2.32. The number of amides is 2. The van der Waals surface area contributed by atoms with Crippen LogP contribution in [0.25, 0.3) is 0 Å². The first-order valence-corrected chi connectivity index (χ1v) is 8.95. The number of sulfone groups is 1. The molecule has 0 saturated heterocycles. The molecule has 2 rings (SSSR count). The number of hydrogen-bond acceptors (Lipinski definition) is 5. The molecule has 3 N–H and O–H groups in total. The first-order valence-electron chi connectivity index (χ1n) is 6.48. The molecule has 0 aliphatic rings. The Morgan fingerprint density at radius 1 is 1.26 bits per heavy atom. The Balaban J connectivity index is 2.42. The van der Waals surface area contributed by atoms with Gasteiger partial charge in [-0.25, -0.2) is 12.8 Å². The maximum atomic E-state index is 13.6. The van der Waals surface area contributed by atoms with Crippen LogP contribution in [0, 0.1) is 5.82 Å². The molecule has 0 radical (unpaired) electrons. The second kappa shape index (κ2) is 6.47. The van der Waals surface area contributed by atoms with Crippen LogP contribution in [0.15, 0.2) is 34.5 Å². The third kappa shape index (κ3) is 3.57. The minimum atomic E-state index is -3.56. The van der Waals surface area contributed by atoms with Crippen molar-refractivity contribution in [2.75, 3.05) is 11.1 Å². The first kappa shape index (κ1) is 17.1. The van der Waals surface area contributed by atoms with E-state index in [0.29, 0.717) is 11.3 Å². The van der Waals surface area contributed by atoms with Crippen molar-refractivity contribution in [3.63, 3.8) is 0 Å². The fourth-order valence-corrected chi connectivity index (χ4v) is 4.24. The Bertz CT molecular complexity index is 875. The molecule has 1 aromatic heterocycles. The standard InChI is InChI=1S/C14H13FN2O4S2/c1-2-23(20,21)11-7-9(12(16)18)14(22-11)17-13(19)8-5-3-4-6-10(8)15/h3-7H,2H2,1H3,(H2,16,18)(H,17,19). The highest BCUT2D eigenvalue weighted by Gasteiger charge is 2.23. The van der Waals surface area contributed by atoms with Crippen LogP contribution in [0.2, 0.25) is 0 Å². The molecule has 1 heterocycles.